The van der Waals surface area contributed by atoms with Crippen molar-refractivity contribution in [1.82, 2.24) is 4.31 Å². The number of nitrogens with zero attached hydrogens (tertiary/aromatic N) is 4. The molecule has 0 unspecified atom stereocenters. The first-order valence-electron chi connectivity index (χ1n) is 8.13. The lowest BCUT2D eigenvalue weighted by Gasteiger charge is -2.35. The van der Waals surface area contributed by atoms with Crippen molar-refractivity contribution < 1.29 is 18.3 Å². The van der Waals surface area contributed by atoms with Crippen LogP contribution in [0.2, 0.25) is 5.02 Å². The fraction of sp³-hybridized carbons (Fsp3) is 0.250. The minimum absolute atomic E-state index is 0.0881. The fourth-order valence-corrected chi connectivity index (χ4v) is 4.61. The number of nitro groups is 2. The second-order valence-corrected chi connectivity index (χ2v) is 8.41. The van der Waals surface area contributed by atoms with Crippen LogP contribution in [0.25, 0.3) is 0 Å². The molecule has 1 heterocycles. The van der Waals surface area contributed by atoms with Gasteiger partial charge in [-0.1, -0.05) is 17.7 Å². The second-order valence-electron chi connectivity index (χ2n) is 6.04. The van der Waals surface area contributed by atoms with E-state index in [1.807, 2.05) is 0 Å². The Morgan fingerprint density at radius 1 is 0.929 bits per heavy atom. The molecule has 1 saturated heterocycles. The molecule has 3 rings (SSSR count). The van der Waals surface area contributed by atoms with Crippen LogP contribution < -0.4 is 4.90 Å². The molecule has 2 aromatic carbocycles. The fourth-order valence-electron chi connectivity index (χ4n) is 2.99. The Bertz CT molecular complexity index is 1040. The smallest absolute Gasteiger partial charge is 0.294 e. The average Bonchev–Trinajstić information content (AvgIpc) is 2.68. The summed E-state index contributed by atoms with van der Waals surface area (Å²) in [7, 11) is -3.91. The number of rotatable bonds is 5. The predicted molar refractivity (Wildman–Crippen MR) is 102 cm³/mol. The van der Waals surface area contributed by atoms with Gasteiger partial charge in [-0.2, -0.15) is 4.31 Å². The molecule has 0 spiro atoms. The highest BCUT2D eigenvalue weighted by molar-refractivity contribution is 7.89. The molecule has 0 aromatic heterocycles. The van der Waals surface area contributed by atoms with Crippen molar-refractivity contribution in [2.45, 2.75) is 4.90 Å². The van der Waals surface area contributed by atoms with Gasteiger partial charge in [0, 0.05) is 49.4 Å². The van der Waals surface area contributed by atoms with Crippen molar-refractivity contribution in [1.29, 1.82) is 0 Å². The van der Waals surface area contributed by atoms with Crippen molar-refractivity contribution in [2.75, 3.05) is 31.1 Å². The summed E-state index contributed by atoms with van der Waals surface area (Å²) in [5.41, 5.74) is -0.0965. The zero-order valence-corrected chi connectivity index (χ0v) is 16.0. The maximum atomic E-state index is 12.8. The lowest BCUT2D eigenvalue weighted by Crippen LogP contribution is -2.48. The SMILES string of the molecule is O=[N+]([O-])c1cccc(S(=O)(=O)N2CCN(c3ccc(Cl)cc3[N+](=O)[O-])CC2)c1. The van der Waals surface area contributed by atoms with E-state index in [1.54, 1.807) is 4.90 Å². The van der Waals surface area contributed by atoms with E-state index in [1.165, 1.54) is 40.7 Å². The second kappa shape index (κ2) is 7.70. The third kappa shape index (κ3) is 3.91. The van der Waals surface area contributed by atoms with Gasteiger partial charge in [0.05, 0.1) is 14.7 Å². The van der Waals surface area contributed by atoms with Crippen LogP contribution in [-0.4, -0.2) is 48.7 Å². The summed E-state index contributed by atoms with van der Waals surface area (Å²) in [6.07, 6.45) is 0. The van der Waals surface area contributed by atoms with E-state index in [4.69, 9.17) is 11.6 Å². The Morgan fingerprint density at radius 2 is 1.61 bits per heavy atom. The average molecular weight is 427 g/mol. The number of anilines is 1. The van der Waals surface area contributed by atoms with Gasteiger partial charge in [0.25, 0.3) is 11.4 Å². The zero-order valence-electron chi connectivity index (χ0n) is 14.4. The molecule has 148 valence electrons. The highest BCUT2D eigenvalue weighted by Gasteiger charge is 2.31. The standard InChI is InChI=1S/C16H15ClN4O6S/c17-12-4-5-15(16(10-12)21(24)25)18-6-8-19(9-7-18)28(26,27)14-3-1-2-13(11-14)20(22)23/h1-5,10-11H,6-9H2. The summed E-state index contributed by atoms with van der Waals surface area (Å²) in [4.78, 5) is 22.5. The molecule has 0 atom stereocenters. The van der Waals surface area contributed by atoms with Gasteiger partial charge in [-0.25, -0.2) is 8.42 Å². The van der Waals surface area contributed by atoms with Crippen molar-refractivity contribution in [3.63, 3.8) is 0 Å². The number of nitro benzene ring substituents is 2. The van der Waals surface area contributed by atoms with Crippen LogP contribution in [0.3, 0.4) is 0 Å². The normalized spacial score (nSPS) is 15.4. The molecular formula is C16H15ClN4O6S. The molecule has 0 saturated carbocycles. The lowest BCUT2D eigenvalue weighted by molar-refractivity contribution is -0.385. The minimum Gasteiger partial charge on any atom is -0.363 e. The van der Waals surface area contributed by atoms with Crippen LogP contribution in [0, 0.1) is 20.2 Å². The number of sulfonamides is 1. The number of benzene rings is 2. The van der Waals surface area contributed by atoms with Crippen LogP contribution in [0.15, 0.2) is 47.4 Å². The summed E-state index contributed by atoms with van der Waals surface area (Å²) in [5.74, 6) is 0. The first-order chi connectivity index (χ1) is 13.2. The van der Waals surface area contributed by atoms with E-state index < -0.39 is 19.9 Å². The van der Waals surface area contributed by atoms with Gasteiger partial charge >= 0.3 is 0 Å². The monoisotopic (exact) mass is 426 g/mol. The Hall–Kier alpha value is -2.76. The molecule has 0 amide bonds. The molecule has 12 heteroatoms. The molecule has 1 aliphatic heterocycles. The molecule has 28 heavy (non-hydrogen) atoms. The highest BCUT2D eigenvalue weighted by Crippen LogP contribution is 2.32. The molecule has 10 nitrogen and oxygen atoms in total. The van der Waals surface area contributed by atoms with E-state index in [9.17, 15) is 28.6 Å². The maximum absolute atomic E-state index is 12.8. The van der Waals surface area contributed by atoms with Crippen LogP contribution in [-0.2, 0) is 10.0 Å². The predicted octanol–water partition coefficient (Wildman–Crippen LogP) is 2.67. The van der Waals surface area contributed by atoms with E-state index in [0.717, 1.165) is 6.07 Å². The lowest BCUT2D eigenvalue weighted by atomic mass is 10.2. The van der Waals surface area contributed by atoms with Crippen LogP contribution in [0.1, 0.15) is 0 Å². The molecule has 2 aromatic rings. The first kappa shape index (κ1) is 20.0. The summed E-state index contributed by atoms with van der Waals surface area (Å²) in [6.45, 7) is 0.642. The number of piperazine rings is 1. The number of halogens is 1. The third-order valence-corrected chi connectivity index (χ3v) is 6.51. The van der Waals surface area contributed by atoms with Crippen molar-refractivity contribution in [3.8, 4) is 0 Å². The van der Waals surface area contributed by atoms with E-state index in [0.29, 0.717) is 5.69 Å². The van der Waals surface area contributed by atoms with E-state index in [2.05, 4.69) is 0 Å². The summed E-state index contributed by atoms with van der Waals surface area (Å²) < 4.78 is 26.8. The van der Waals surface area contributed by atoms with Gasteiger partial charge in [-0.3, -0.25) is 20.2 Å². The Kier molecular flexibility index (Phi) is 5.49. The highest BCUT2D eigenvalue weighted by atomic mass is 35.5. The molecule has 0 radical (unpaired) electrons. The Balaban J connectivity index is 1.80. The van der Waals surface area contributed by atoms with Gasteiger partial charge in [0.15, 0.2) is 0 Å². The van der Waals surface area contributed by atoms with Crippen molar-refractivity contribution >= 4 is 38.7 Å². The van der Waals surface area contributed by atoms with Crippen LogP contribution in [0.4, 0.5) is 17.1 Å². The van der Waals surface area contributed by atoms with Crippen molar-refractivity contribution in [3.05, 3.63) is 67.7 Å². The molecule has 1 fully saturated rings. The van der Waals surface area contributed by atoms with Gasteiger partial charge in [0.1, 0.15) is 5.69 Å². The number of hydrogen-bond acceptors (Lipinski definition) is 7. The summed E-state index contributed by atoms with van der Waals surface area (Å²) in [6, 6.07) is 9.18. The molecule has 0 aliphatic carbocycles. The Labute approximate surface area is 165 Å². The topological polar surface area (TPSA) is 127 Å². The molecule has 0 bridgehead atoms. The molecule has 1 aliphatic rings. The number of non-ortho nitro benzene ring substituents is 1. The van der Waals surface area contributed by atoms with Gasteiger partial charge in [0.2, 0.25) is 10.0 Å². The Morgan fingerprint density at radius 3 is 2.21 bits per heavy atom. The summed E-state index contributed by atoms with van der Waals surface area (Å²) in [5, 5.41) is 22.4. The summed E-state index contributed by atoms with van der Waals surface area (Å²) >= 11 is 5.83. The quantitative estimate of drug-likeness (QED) is 0.531. The van der Waals surface area contributed by atoms with Crippen LogP contribution in [0.5, 0.6) is 0 Å². The van der Waals surface area contributed by atoms with E-state index in [-0.39, 0.29) is 47.5 Å². The third-order valence-electron chi connectivity index (χ3n) is 4.38. The van der Waals surface area contributed by atoms with Gasteiger partial charge in [-0.05, 0) is 18.2 Å². The maximum Gasteiger partial charge on any atom is 0.294 e. The zero-order chi connectivity index (χ0) is 20.5. The van der Waals surface area contributed by atoms with E-state index >= 15 is 0 Å². The van der Waals surface area contributed by atoms with Gasteiger partial charge < -0.3 is 4.90 Å². The molecular weight excluding hydrogens is 412 g/mol. The van der Waals surface area contributed by atoms with Crippen LogP contribution >= 0.6 is 11.6 Å². The minimum atomic E-state index is -3.91. The van der Waals surface area contributed by atoms with Gasteiger partial charge in [-0.15, -0.1) is 0 Å². The molecule has 0 N–H and O–H groups in total. The number of hydrogen-bond donors (Lipinski definition) is 0. The largest absolute Gasteiger partial charge is 0.363 e. The first-order valence-corrected chi connectivity index (χ1v) is 9.95. The van der Waals surface area contributed by atoms with Crippen molar-refractivity contribution in [2.24, 2.45) is 0 Å².